The molecule has 50 heavy (non-hydrogen) atoms. The zero-order valence-electron chi connectivity index (χ0n) is 27.1. The maximum absolute atomic E-state index is 6.69. The van der Waals surface area contributed by atoms with Crippen molar-refractivity contribution in [3.8, 4) is 39.1 Å². The van der Waals surface area contributed by atoms with Gasteiger partial charge in [0, 0.05) is 22.4 Å². The van der Waals surface area contributed by atoms with Crippen molar-refractivity contribution >= 4 is 54.3 Å². The Bertz CT molecular complexity index is 2860. The second-order valence-corrected chi connectivity index (χ2v) is 13.5. The molecule has 2 heterocycles. The molecule has 1 aliphatic carbocycles. The number of hydrogen-bond acceptors (Lipinski definition) is 2. The largest absolute Gasteiger partial charge is 0.484 e. The molecule has 0 saturated heterocycles. The maximum Gasteiger partial charge on any atom is 0.147 e. The van der Waals surface area contributed by atoms with Gasteiger partial charge in [-0.05, 0) is 84.4 Å². The molecule has 0 spiro atoms. The molecule has 2 heteroatoms. The van der Waals surface area contributed by atoms with E-state index in [9.17, 15) is 0 Å². The van der Waals surface area contributed by atoms with Crippen molar-refractivity contribution in [3.63, 3.8) is 0 Å². The van der Waals surface area contributed by atoms with Crippen LogP contribution in [0.1, 0.15) is 11.5 Å². The van der Waals surface area contributed by atoms with Crippen LogP contribution in [0.4, 0.5) is 0 Å². The number of rotatable bonds is 3. The number of furan rings is 1. The molecule has 234 valence electrons. The Hall–Kier alpha value is -6.38. The Morgan fingerprint density at radius 3 is 1.88 bits per heavy atom. The number of allylic oxidation sites excluding steroid dienone is 2. The van der Waals surface area contributed by atoms with Gasteiger partial charge in [-0.15, -0.1) is 0 Å². The van der Waals surface area contributed by atoms with Crippen molar-refractivity contribution in [1.29, 1.82) is 0 Å². The average molecular weight is 639 g/mol. The van der Waals surface area contributed by atoms with Gasteiger partial charge in [-0.25, -0.2) is 0 Å². The van der Waals surface area contributed by atoms with E-state index in [0.29, 0.717) is 0 Å². The lowest BCUT2D eigenvalue weighted by molar-refractivity contribution is 0.271. The lowest BCUT2D eigenvalue weighted by Crippen LogP contribution is -2.15. The first-order valence-corrected chi connectivity index (χ1v) is 17.3. The fraction of sp³-hybridized carbons (Fsp3) is 0.0417. The third kappa shape index (κ3) is 3.90. The van der Waals surface area contributed by atoms with Gasteiger partial charge in [0.15, 0.2) is 0 Å². The second kappa shape index (κ2) is 10.6. The van der Waals surface area contributed by atoms with Crippen LogP contribution in [0.2, 0.25) is 0 Å². The third-order valence-electron chi connectivity index (χ3n) is 10.8. The summed E-state index contributed by atoms with van der Waals surface area (Å²) < 4.78 is 13.3. The van der Waals surface area contributed by atoms with Gasteiger partial charge in [0.05, 0.1) is 5.39 Å². The molecule has 0 N–H and O–H groups in total. The Balaban J connectivity index is 1.18. The van der Waals surface area contributed by atoms with Gasteiger partial charge in [-0.3, -0.25) is 0 Å². The molecule has 2 aliphatic rings. The molecule has 0 bridgehead atoms. The lowest BCUT2D eigenvalue weighted by Gasteiger charge is -2.19. The van der Waals surface area contributed by atoms with Crippen LogP contribution in [0.15, 0.2) is 174 Å². The van der Waals surface area contributed by atoms with Crippen LogP contribution >= 0.6 is 0 Å². The van der Waals surface area contributed by atoms with E-state index in [4.69, 9.17) is 9.15 Å². The molecular weight excluding hydrogens is 609 g/mol. The fourth-order valence-corrected chi connectivity index (χ4v) is 8.61. The van der Waals surface area contributed by atoms with E-state index in [1.54, 1.807) is 0 Å². The molecule has 0 radical (unpaired) electrons. The predicted molar refractivity (Wildman–Crippen MR) is 208 cm³/mol. The summed E-state index contributed by atoms with van der Waals surface area (Å²) in [4.78, 5) is 0. The van der Waals surface area contributed by atoms with Crippen LogP contribution < -0.4 is 4.74 Å². The SMILES string of the molecule is C1=CC2Oc3c(cc(-c4cccc(-c5c6ccccc6c(-c6cccc7ccccc67)c6ccccc56)c4)c4oc5ccccc5c34)C2C=C1. The first-order valence-electron chi connectivity index (χ1n) is 17.3. The van der Waals surface area contributed by atoms with Gasteiger partial charge in [0.2, 0.25) is 0 Å². The van der Waals surface area contributed by atoms with E-state index in [1.807, 2.05) is 6.07 Å². The van der Waals surface area contributed by atoms with Crippen LogP contribution in [-0.2, 0) is 0 Å². The molecule has 2 nitrogen and oxygen atoms in total. The number of fused-ring (bicyclic) bond motifs is 10. The van der Waals surface area contributed by atoms with Crippen molar-refractivity contribution in [2.24, 2.45) is 0 Å². The Morgan fingerprint density at radius 1 is 0.460 bits per heavy atom. The monoisotopic (exact) mass is 638 g/mol. The van der Waals surface area contributed by atoms with Gasteiger partial charge in [-0.1, -0.05) is 146 Å². The summed E-state index contributed by atoms with van der Waals surface area (Å²) in [5.74, 6) is 1.11. The highest BCUT2D eigenvalue weighted by Gasteiger charge is 2.36. The highest BCUT2D eigenvalue weighted by molar-refractivity contribution is 6.23. The summed E-state index contributed by atoms with van der Waals surface area (Å²) >= 11 is 0. The van der Waals surface area contributed by atoms with Gasteiger partial charge >= 0.3 is 0 Å². The van der Waals surface area contributed by atoms with Gasteiger partial charge < -0.3 is 9.15 Å². The normalized spacial score (nSPS) is 16.4. The molecule has 0 fully saturated rings. The van der Waals surface area contributed by atoms with Crippen LogP contribution in [-0.4, -0.2) is 6.10 Å². The minimum absolute atomic E-state index is 0.00794. The molecule has 1 aromatic heterocycles. The average Bonchev–Trinajstić information content (AvgIpc) is 3.75. The number of para-hydroxylation sites is 1. The first-order chi connectivity index (χ1) is 24.8. The minimum atomic E-state index is -0.00794. The molecule has 0 saturated carbocycles. The summed E-state index contributed by atoms with van der Waals surface area (Å²) in [7, 11) is 0. The molecule has 8 aromatic carbocycles. The lowest BCUT2D eigenvalue weighted by atomic mass is 9.84. The molecule has 11 rings (SSSR count). The van der Waals surface area contributed by atoms with E-state index < -0.39 is 0 Å². The van der Waals surface area contributed by atoms with Gasteiger partial charge in [0.25, 0.3) is 0 Å². The van der Waals surface area contributed by atoms with Crippen molar-refractivity contribution in [3.05, 3.63) is 175 Å². The van der Waals surface area contributed by atoms with E-state index in [2.05, 4.69) is 164 Å². The molecule has 1 aliphatic heterocycles. The standard InChI is InChI=1S/C48H30O2/c1-2-17-32-29(13-1)14-12-24-34(32)45-37-21-5-3-19-35(37)44(36-20-4-6-22-38(36)45)31-16-11-15-30(27-31)40-28-41-33-18-7-9-25-42(33)49-48(41)46-39-23-8-10-26-43(39)50-47(40)46/h1-28,33,42H. The van der Waals surface area contributed by atoms with Crippen LogP contribution in [0.25, 0.3) is 87.6 Å². The van der Waals surface area contributed by atoms with Gasteiger partial charge in [0.1, 0.15) is 23.0 Å². The quantitative estimate of drug-likeness (QED) is 0.180. The number of benzene rings is 8. The minimum Gasteiger partial charge on any atom is -0.484 e. The summed E-state index contributed by atoms with van der Waals surface area (Å²) in [5, 5.41) is 9.64. The zero-order valence-corrected chi connectivity index (χ0v) is 27.1. The number of hydrogen-bond donors (Lipinski definition) is 0. The fourth-order valence-electron chi connectivity index (χ4n) is 8.61. The molecule has 2 unspecified atom stereocenters. The molecular formula is C48H30O2. The predicted octanol–water partition coefficient (Wildman–Crippen LogP) is 13.0. The van der Waals surface area contributed by atoms with Gasteiger partial charge in [-0.2, -0.15) is 0 Å². The highest BCUT2D eigenvalue weighted by atomic mass is 16.5. The van der Waals surface area contributed by atoms with E-state index in [-0.39, 0.29) is 12.0 Å². The van der Waals surface area contributed by atoms with E-state index in [1.165, 1.54) is 60.1 Å². The Labute approximate surface area is 289 Å². The Morgan fingerprint density at radius 2 is 1.08 bits per heavy atom. The smallest absolute Gasteiger partial charge is 0.147 e. The zero-order chi connectivity index (χ0) is 32.8. The van der Waals surface area contributed by atoms with Crippen molar-refractivity contribution in [2.45, 2.75) is 12.0 Å². The van der Waals surface area contributed by atoms with Crippen LogP contribution in [0.5, 0.6) is 5.75 Å². The molecule has 0 amide bonds. The first kappa shape index (κ1) is 27.6. The number of ether oxygens (including phenoxy) is 1. The van der Waals surface area contributed by atoms with Crippen molar-refractivity contribution < 1.29 is 9.15 Å². The van der Waals surface area contributed by atoms with Crippen LogP contribution in [0, 0.1) is 0 Å². The molecule has 9 aromatic rings. The molecule has 2 atom stereocenters. The van der Waals surface area contributed by atoms with E-state index >= 15 is 0 Å². The maximum atomic E-state index is 6.69. The highest BCUT2D eigenvalue weighted by Crippen LogP contribution is 2.52. The summed E-state index contributed by atoms with van der Waals surface area (Å²) in [5.41, 5.74) is 10.1. The summed E-state index contributed by atoms with van der Waals surface area (Å²) in [6.07, 6.45) is 8.64. The van der Waals surface area contributed by atoms with E-state index in [0.717, 1.165) is 38.8 Å². The van der Waals surface area contributed by atoms with Crippen LogP contribution in [0.3, 0.4) is 0 Å². The summed E-state index contributed by atoms with van der Waals surface area (Å²) in [6, 6.07) is 52.8. The Kier molecular flexibility index (Phi) is 5.82. The van der Waals surface area contributed by atoms with Crippen molar-refractivity contribution in [1.82, 2.24) is 0 Å². The van der Waals surface area contributed by atoms with Crippen molar-refractivity contribution in [2.75, 3.05) is 0 Å². The summed E-state index contributed by atoms with van der Waals surface area (Å²) in [6.45, 7) is 0. The third-order valence-corrected chi connectivity index (χ3v) is 10.8. The second-order valence-electron chi connectivity index (χ2n) is 13.5. The topological polar surface area (TPSA) is 22.4 Å².